The summed E-state index contributed by atoms with van der Waals surface area (Å²) in [6.07, 6.45) is 2.39. The Hall–Kier alpha value is -5.34. The van der Waals surface area contributed by atoms with Crippen molar-refractivity contribution in [3.63, 3.8) is 0 Å². The average Bonchev–Trinajstić information content (AvgIpc) is 3.79. The van der Waals surface area contributed by atoms with Gasteiger partial charge in [-0.25, -0.2) is 0 Å². The number of amides is 9. The molecule has 49 heavy (non-hydrogen) atoms. The smallest absolute Gasteiger partial charge is 0.322 e. The number of carbonyl (C=O) groups excluding carboxylic acids is 9. The maximum Gasteiger partial charge on any atom is 0.322 e. The van der Waals surface area contributed by atoms with Gasteiger partial charge in [0.2, 0.25) is 53.2 Å². The first-order valence-electron chi connectivity index (χ1n) is 15.7. The summed E-state index contributed by atoms with van der Waals surface area (Å²) in [5.41, 5.74) is 0. The van der Waals surface area contributed by atoms with Crippen molar-refractivity contribution in [2.24, 2.45) is 0 Å². The molecule has 2 aliphatic heterocycles. The minimum absolute atomic E-state index is 0.251. The van der Waals surface area contributed by atoms with Crippen LogP contribution in [0.2, 0.25) is 0 Å². The molecule has 0 saturated carbocycles. The van der Waals surface area contributed by atoms with Crippen LogP contribution in [0.5, 0.6) is 0 Å². The number of carbonyl (C=O) groups is 10. The second kappa shape index (κ2) is 20.1. The van der Waals surface area contributed by atoms with Crippen LogP contribution in [0, 0.1) is 0 Å². The van der Waals surface area contributed by atoms with E-state index in [1.54, 1.807) is 0 Å². The molecule has 21 heteroatoms. The molecule has 21 nitrogen and oxygen atoms in total. The van der Waals surface area contributed by atoms with E-state index in [1.165, 1.54) is 18.7 Å². The lowest BCUT2D eigenvalue weighted by molar-refractivity contribution is -0.141. The van der Waals surface area contributed by atoms with Gasteiger partial charge < -0.3 is 57.9 Å². The molecule has 2 aliphatic rings. The fourth-order valence-electron chi connectivity index (χ4n) is 4.75. The van der Waals surface area contributed by atoms with Crippen LogP contribution in [-0.4, -0.2) is 146 Å². The zero-order valence-electron chi connectivity index (χ0n) is 27.3. The number of hydrogen-bond acceptors (Lipinski definition) is 11. The van der Waals surface area contributed by atoms with Crippen LogP contribution in [0.4, 0.5) is 0 Å². The Kier molecular flexibility index (Phi) is 16.4. The summed E-state index contributed by atoms with van der Waals surface area (Å²) in [6, 6.07) is -3.33. The standard InChI is InChI=1S/C28H44N10O11/c1-15(37-22(42)12-33-27(48)17-5-3-7-29-17)25(46)32-10-20(40)30-9-19(39)31-11-21(41)36-16(2)26(47)34-13-23(43)38-8-4-6-18(38)28(49)35-14-24(44)45/h15-18,29H,3-14H2,1-2H3,(H,30,40)(H,31,39)(H,32,46)(H,33,48)(H,34,47)(H,35,49)(H,36,41)(H,37,42)(H,44,45). The third-order valence-electron chi connectivity index (χ3n) is 7.36. The van der Waals surface area contributed by atoms with Crippen LogP contribution in [0.1, 0.15) is 39.5 Å². The predicted molar refractivity (Wildman–Crippen MR) is 167 cm³/mol. The largest absolute Gasteiger partial charge is 0.480 e. The van der Waals surface area contributed by atoms with Crippen molar-refractivity contribution in [2.75, 3.05) is 52.4 Å². The van der Waals surface area contributed by atoms with Crippen LogP contribution < -0.4 is 47.9 Å². The molecule has 0 aromatic rings. The lowest BCUT2D eigenvalue weighted by Crippen LogP contribution is -2.52. The van der Waals surface area contributed by atoms with E-state index in [2.05, 4.69) is 47.9 Å². The van der Waals surface area contributed by atoms with Gasteiger partial charge in [-0.2, -0.15) is 0 Å². The van der Waals surface area contributed by atoms with Crippen molar-refractivity contribution in [2.45, 2.75) is 63.7 Å². The molecule has 0 aliphatic carbocycles. The third kappa shape index (κ3) is 14.5. The summed E-state index contributed by atoms with van der Waals surface area (Å²) < 4.78 is 0. The average molecular weight is 697 g/mol. The van der Waals surface area contributed by atoms with Gasteiger partial charge in [-0.15, -0.1) is 0 Å². The molecule has 9 amide bonds. The van der Waals surface area contributed by atoms with Gasteiger partial charge in [0.25, 0.3) is 0 Å². The van der Waals surface area contributed by atoms with Crippen molar-refractivity contribution in [1.82, 2.24) is 52.8 Å². The number of rotatable bonds is 18. The quantitative estimate of drug-likeness (QED) is 0.0640. The first-order chi connectivity index (χ1) is 23.2. The molecule has 10 N–H and O–H groups in total. The molecule has 2 saturated heterocycles. The van der Waals surface area contributed by atoms with Crippen molar-refractivity contribution in [1.29, 1.82) is 0 Å². The van der Waals surface area contributed by atoms with Crippen molar-refractivity contribution < 1.29 is 53.1 Å². The molecule has 0 bridgehead atoms. The number of likely N-dealkylation sites (tertiary alicyclic amines) is 1. The molecular formula is C28H44N10O11. The van der Waals surface area contributed by atoms with E-state index in [-0.39, 0.29) is 25.0 Å². The number of nitrogens with zero attached hydrogens (tertiary/aromatic N) is 1. The van der Waals surface area contributed by atoms with Gasteiger partial charge in [-0.3, -0.25) is 47.9 Å². The fraction of sp³-hybridized carbons (Fsp3) is 0.643. The molecule has 0 radical (unpaired) electrons. The fourth-order valence-corrected chi connectivity index (χ4v) is 4.75. The normalized spacial score (nSPS) is 17.8. The Balaban J connectivity index is 1.59. The molecule has 4 unspecified atom stereocenters. The monoisotopic (exact) mass is 696 g/mol. The van der Waals surface area contributed by atoms with E-state index in [4.69, 9.17) is 5.11 Å². The Labute approximate surface area is 281 Å². The van der Waals surface area contributed by atoms with Crippen LogP contribution in [0.3, 0.4) is 0 Å². The summed E-state index contributed by atoms with van der Waals surface area (Å²) in [5, 5.41) is 30.3. The van der Waals surface area contributed by atoms with Gasteiger partial charge in [0, 0.05) is 6.54 Å². The summed E-state index contributed by atoms with van der Waals surface area (Å²) in [6.45, 7) is 0.722. The second-order valence-corrected chi connectivity index (χ2v) is 11.3. The Morgan fingerprint density at radius 3 is 1.69 bits per heavy atom. The highest BCUT2D eigenvalue weighted by atomic mass is 16.4. The van der Waals surface area contributed by atoms with Crippen LogP contribution in [0.25, 0.3) is 0 Å². The maximum absolute atomic E-state index is 12.6. The number of nitrogens with one attached hydrogen (secondary N) is 9. The van der Waals surface area contributed by atoms with Crippen LogP contribution >= 0.6 is 0 Å². The summed E-state index contributed by atoms with van der Waals surface area (Å²) in [4.78, 5) is 121. The lowest BCUT2D eigenvalue weighted by Gasteiger charge is -2.24. The number of aliphatic carboxylic acids is 1. The molecule has 272 valence electrons. The van der Waals surface area contributed by atoms with E-state index in [1.807, 2.05) is 0 Å². The highest BCUT2D eigenvalue weighted by molar-refractivity contribution is 5.95. The Morgan fingerprint density at radius 2 is 1.14 bits per heavy atom. The maximum atomic E-state index is 12.6. The van der Waals surface area contributed by atoms with E-state index < -0.39 is 104 Å². The summed E-state index contributed by atoms with van der Waals surface area (Å²) in [7, 11) is 0. The zero-order valence-corrected chi connectivity index (χ0v) is 27.3. The van der Waals surface area contributed by atoms with E-state index >= 15 is 0 Å². The Morgan fingerprint density at radius 1 is 0.633 bits per heavy atom. The molecule has 2 fully saturated rings. The number of hydrogen-bond donors (Lipinski definition) is 10. The van der Waals surface area contributed by atoms with Gasteiger partial charge >= 0.3 is 5.97 Å². The molecule has 0 aromatic carbocycles. The van der Waals surface area contributed by atoms with E-state index in [0.717, 1.165) is 13.0 Å². The zero-order chi connectivity index (χ0) is 36.5. The van der Waals surface area contributed by atoms with Crippen molar-refractivity contribution >= 4 is 59.1 Å². The molecule has 0 aromatic heterocycles. The van der Waals surface area contributed by atoms with Gasteiger partial charge in [0.05, 0.1) is 38.8 Å². The topological polar surface area (TPSA) is 302 Å². The van der Waals surface area contributed by atoms with E-state index in [0.29, 0.717) is 19.3 Å². The SMILES string of the molecule is CC(NC(=O)CNC(=O)CNC(=O)CNC(=O)C(C)NC(=O)CNC(=O)C1CCCN1)C(=O)NCC(=O)N1CCCC1C(=O)NCC(=O)O. The van der Waals surface area contributed by atoms with Gasteiger partial charge in [0.15, 0.2) is 0 Å². The Bertz CT molecular complexity index is 1290. The lowest BCUT2D eigenvalue weighted by atomic mass is 10.2. The number of carboxylic acids is 1. The summed E-state index contributed by atoms with van der Waals surface area (Å²) in [5.74, 6) is -6.95. The highest BCUT2D eigenvalue weighted by Crippen LogP contribution is 2.17. The molecule has 4 atom stereocenters. The van der Waals surface area contributed by atoms with Crippen molar-refractivity contribution in [3.05, 3.63) is 0 Å². The molecular weight excluding hydrogens is 652 g/mol. The highest BCUT2D eigenvalue weighted by Gasteiger charge is 2.34. The predicted octanol–water partition coefficient (Wildman–Crippen LogP) is -6.48. The molecule has 2 heterocycles. The minimum Gasteiger partial charge on any atom is -0.480 e. The summed E-state index contributed by atoms with van der Waals surface area (Å²) >= 11 is 0. The number of carboxylic acid groups (broad SMARTS) is 1. The first-order valence-corrected chi connectivity index (χ1v) is 15.7. The third-order valence-corrected chi connectivity index (χ3v) is 7.36. The van der Waals surface area contributed by atoms with Crippen LogP contribution in [-0.2, 0) is 47.9 Å². The van der Waals surface area contributed by atoms with Gasteiger partial charge in [-0.05, 0) is 46.1 Å². The van der Waals surface area contributed by atoms with E-state index in [9.17, 15) is 47.9 Å². The second-order valence-electron chi connectivity index (χ2n) is 11.3. The van der Waals surface area contributed by atoms with Gasteiger partial charge in [0.1, 0.15) is 24.7 Å². The van der Waals surface area contributed by atoms with Crippen LogP contribution in [0.15, 0.2) is 0 Å². The molecule has 2 rings (SSSR count). The van der Waals surface area contributed by atoms with Gasteiger partial charge in [-0.1, -0.05) is 0 Å². The molecule has 0 spiro atoms. The van der Waals surface area contributed by atoms with Crippen molar-refractivity contribution in [3.8, 4) is 0 Å². The minimum atomic E-state index is -1.23. The first kappa shape index (κ1) is 39.8.